The predicted molar refractivity (Wildman–Crippen MR) is 39.4 cm³/mol. The van der Waals surface area contributed by atoms with E-state index in [2.05, 4.69) is 15.9 Å². The second kappa shape index (κ2) is 3.09. The van der Waals surface area contributed by atoms with E-state index in [1.165, 1.54) is 0 Å². The lowest BCUT2D eigenvalue weighted by Gasteiger charge is -1.97. The standard InChI is InChI=1S/C7H3BrF2O/c8-7-4(3-11)1-5(9)2-6(7)10/h1-3H. The monoisotopic (exact) mass is 220 g/mol. The van der Waals surface area contributed by atoms with E-state index in [9.17, 15) is 13.6 Å². The molecule has 1 rings (SSSR count). The molecular formula is C7H3BrF2O. The zero-order chi connectivity index (χ0) is 8.43. The maximum absolute atomic E-state index is 12.6. The number of hydrogen-bond donors (Lipinski definition) is 0. The van der Waals surface area contributed by atoms with E-state index in [1.54, 1.807) is 0 Å². The van der Waals surface area contributed by atoms with Crippen molar-refractivity contribution in [1.82, 2.24) is 0 Å². The zero-order valence-corrected chi connectivity index (χ0v) is 6.86. The van der Waals surface area contributed by atoms with Crippen LogP contribution >= 0.6 is 15.9 Å². The van der Waals surface area contributed by atoms with Crippen LogP contribution in [0.25, 0.3) is 0 Å². The maximum atomic E-state index is 12.6. The van der Waals surface area contributed by atoms with E-state index < -0.39 is 11.6 Å². The number of carbonyl (C=O) groups excluding carboxylic acids is 1. The molecule has 0 saturated heterocycles. The van der Waals surface area contributed by atoms with Crippen LogP contribution in [0.1, 0.15) is 10.4 Å². The molecule has 0 fully saturated rings. The van der Waals surface area contributed by atoms with E-state index >= 15 is 0 Å². The van der Waals surface area contributed by atoms with Gasteiger partial charge in [0.05, 0.1) is 4.47 Å². The Bertz CT molecular complexity index is 299. The molecule has 1 aromatic carbocycles. The molecule has 1 aromatic rings. The van der Waals surface area contributed by atoms with Gasteiger partial charge in [-0.1, -0.05) is 0 Å². The third-order valence-corrected chi connectivity index (χ3v) is 1.98. The highest BCUT2D eigenvalue weighted by atomic mass is 79.9. The molecular weight excluding hydrogens is 218 g/mol. The smallest absolute Gasteiger partial charge is 0.151 e. The van der Waals surface area contributed by atoms with Crippen molar-refractivity contribution in [2.75, 3.05) is 0 Å². The fourth-order valence-corrected chi connectivity index (χ4v) is 0.984. The molecule has 0 saturated carbocycles. The van der Waals surface area contributed by atoms with Crippen molar-refractivity contribution in [2.45, 2.75) is 0 Å². The van der Waals surface area contributed by atoms with Gasteiger partial charge in [-0.15, -0.1) is 0 Å². The van der Waals surface area contributed by atoms with Crippen LogP contribution < -0.4 is 0 Å². The molecule has 4 heteroatoms. The Morgan fingerprint density at radius 2 is 2.00 bits per heavy atom. The van der Waals surface area contributed by atoms with E-state index in [0.29, 0.717) is 12.4 Å². The van der Waals surface area contributed by atoms with Crippen LogP contribution in [0.4, 0.5) is 8.78 Å². The number of hydrogen-bond acceptors (Lipinski definition) is 1. The average Bonchev–Trinajstić information content (AvgIpc) is 1.96. The summed E-state index contributed by atoms with van der Waals surface area (Å²) in [6.07, 6.45) is 0.385. The average molecular weight is 221 g/mol. The number of benzene rings is 1. The minimum Gasteiger partial charge on any atom is -0.298 e. The number of halogens is 3. The lowest BCUT2D eigenvalue weighted by atomic mass is 10.2. The van der Waals surface area contributed by atoms with Gasteiger partial charge >= 0.3 is 0 Å². The molecule has 0 aromatic heterocycles. The maximum Gasteiger partial charge on any atom is 0.151 e. The van der Waals surface area contributed by atoms with Gasteiger partial charge < -0.3 is 0 Å². The largest absolute Gasteiger partial charge is 0.298 e. The van der Waals surface area contributed by atoms with Crippen molar-refractivity contribution in [3.63, 3.8) is 0 Å². The molecule has 58 valence electrons. The molecule has 0 spiro atoms. The van der Waals surface area contributed by atoms with Gasteiger partial charge in [-0.25, -0.2) is 8.78 Å². The van der Waals surface area contributed by atoms with Gasteiger partial charge in [-0.05, 0) is 22.0 Å². The molecule has 0 aliphatic rings. The van der Waals surface area contributed by atoms with Gasteiger partial charge in [-0.2, -0.15) is 0 Å². The quantitative estimate of drug-likeness (QED) is 0.526. The minimum absolute atomic E-state index is 0.00565. The SMILES string of the molecule is O=Cc1cc(F)cc(F)c1Br. The summed E-state index contributed by atoms with van der Waals surface area (Å²) in [5.74, 6) is -1.53. The Kier molecular flexibility index (Phi) is 2.34. The summed E-state index contributed by atoms with van der Waals surface area (Å²) in [5, 5.41) is 0. The van der Waals surface area contributed by atoms with Crippen molar-refractivity contribution < 1.29 is 13.6 Å². The third-order valence-electron chi connectivity index (χ3n) is 1.15. The number of carbonyl (C=O) groups is 1. The van der Waals surface area contributed by atoms with Crippen LogP contribution in [0.3, 0.4) is 0 Å². The molecule has 0 aliphatic heterocycles. The first-order valence-electron chi connectivity index (χ1n) is 2.75. The normalized spacial score (nSPS) is 9.73. The van der Waals surface area contributed by atoms with Crippen LogP contribution in [0, 0.1) is 11.6 Å². The Labute approximate surface area is 70.2 Å². The topological polar surface area (TPSA) is 17.1 Å². The van der Waals surface area contributed by atoms with Crippen LogP contribution in [-0.4, -0.2) is 6.29 Å². The van der Waals surface area contributed by atoms with E-state index in [4.69, 9.17) is 0 Å². The Hall–Kier alpha value is -0.770. The van der Waals surface area contributed by atoms with Crippen molar-refractivity contribution in [3.8, 4) is 0 Å². The molecule has 0 aliphatic carbocycles. The first-order chi connectivity index (χ1) is 5.15. The highest BCUT2D eigenvalue weighted by Gasteiger charge is 2.06. The summed E-state index contributed by atoms with van der Waals surface area (Å²) < 4.78 is 25.0. The summed E-state index contributed by atoms with van der Waals surface area (Å²) in [6, 6.07) is 1.66. The van der Waals surface area contributed by atoms with E-state index in [1.807, 2.05) is 0 Å². The first-order valence-corrected chi connectivity index (χ1v) is 3.54. The summed E-state index contributed by atoms with van der Waals surface area (Å²) in [5.41, 5.74) is -0.0255. The van der Waals surface area contributed by atoms with E-state index in [-0.39, 0.29) is 10.0 Å². The molecule has 0 amide bonds. The molecule has 0 unspecified atom stereocenters. The van der Waals surface area contributed by atoms with Crippen LogP contribution in [0.2, 0.25) is 0 Å². The predicted octanol–water partition coefficient (Wildman–Crippen LogP) is 2.54. The minimum atomic E-state index is -0.771. The van der Waals surface area contributed by atoms with Gasteiger partial charge in [0.2, 0.25) is 0 Å². The number of aldehydes is 1. The van der Waals surface area contributed by atoms with Gasteiger partial charge in [0.25, 0.3) is 0 Å². The fourth-order valence-electron chi connectivity index (χ4n) is 0.662. The van der Waals surface area contributed by atoms with Crippen LogP contribution in [0.5, 0.6) is 0 Å². The van der Waals surface area contributed by atoms with Gasteiger partial charge in [0.15, 0.2) is 6.29 Å². The lowest BCUT2D eigenvalue weighted by molar-refractivity contribution is 0.112. The van der Waals surface area contributed by atoms with Gasteiger partial charge in [0.1, 0.15) is 11.6 Å². The van der Waals surface area contributed by atoms with Crippen molar-refractivity contribution >= 4 is 22.2 Å². The zero-order valence-electron chi connectivity index (χ0n) is 5.27. The van der Waals surface area contributed by atoms with E-state index in [0.717, 1.165) is 6.07 Å². The fraction of sp³-hybridized carbons (Fsp3) is 0. The second-order valence-corrected chi connectivity index (χ2v) is 2.70. The van der Waals surface area contributed by atoms with Crippen LogP contribution in [0.15, 0.2) is 16.6 Å². The molecule has 0 radical (unpaired) electrons. The second-order valence-electron chi connectivity index (χ2n) is 1.91. The van der Waals surface area contributed by atoms with Crippen LogP contribution in [-0.2, 0) is 0 Å². The molecule has 0 bridgehead atoms. The van der Waals surface area contributed by atoms with Crippen molar-refractivity contribution in [3.05, 3.63) is 33.8 Å². The summed E-state index contributed by atoms with van der Waals surface area (Å²) in [4.78, 5) is 10.2. The number of rotatable bonds is 1. The van der Waals surface area contributed by atoms with Gasteiger partial charge in [0, 0.05) is 11.6 Å². The summed E-state index contributed by atoms with van der Waals surface area (Å²) in [7, 11) is 0. The highest BCUT2D eigenvalue weighted by Crippen LogP contribution is 2.20. The summed E-state index contributed by atoms with van der Waals surface area (Å²) >= 11 is 2.80. The molecule has 0 atom stereocenters. The van der Waals surface area contributed by atoms with Crippen molar-refractivity contribution in [2.24, 2.45) is 0 Å². The first kappa shape index (κ1) is 8.33. The Morgan fingerprint density at radius 1 is 1.36 bits per heavy atom. The van der Waals surface area contributed by atoms with Gasteiger partial charge in [-0.3, -0.25) is 4.79 Å². The van der Waals surface area contributed by atoms with Crippen molar-refractivity contribution in [1.29, 1.82) is 0 Å². The highest BCUT2D eigenvalue weighted by molar-refractivity contribution is 9.10. The molecule has 11 heavy (non-hydrogen) atoms. The summed E-state index contributed by atoms with van der Waals surface area (Å²) in [6.45, 7) is 0. The third kappa shape index (κ3) is 1.63. The Balaban J connectivity index is 3.35. The molecule has 0 heterocycles. The molecule has 1 nitrogen and oxygen atoms in total. The lowest BCUT2D eigenvalue weighted by Crippen LogP contribution is -1.89. The molecule has 0 N–H and O–H groups in total. The Morgan fingerprint density at radius 3 is 2.55 bits per heavy atom.